The van der Waals surface area contributed by atoms with Gasteiger partial charge in [0.2, 0.25) is 0 Å². The molecule has 0 unspecified atom stereocenters. The van der Waals surface area contributed by atoms with E-state index in [-0.39, 0.29) is 12.1 Å². The average Bonchev–Trinajstić information content (AvgIpc) is 2.64. The first-order chi connectivity index (χ1) is 13.0. The van der Waals surface area contributed by atoms with Crippen molar-refractivity contribution in [1.82, 2.24) is 5.32 Å². The molecule has 0 aliphatic rings. The molecular formula is C21H29N3O3. The summed E-state index contributed by atoms with van der Waals surface area (Å²) >= 11 is 0. The van der Waals surface area contributed by atoms with Crippen LogP contribution >= 0.6 is 0 Å². The van der Waals surface area contributed by atoms with E-state index in [0.29, 0.717) is 23.7 Å². The van der Waals surface area contributed by atoms with Gasteiger partial charge in [0, 0.05) is 30.1 Å². The number of urea groups is 1. The van der Waals surface area contributed by atoms with Crippen molar-refractivity contribution < 1.29 is 14.3 Å². The quantitative estimate of drug-likeness (QED) is 0.580. The van der Waals surface area contributed by atoms with E-state index in [1.54, 1.807) is 13.2 Å². The van der Waals surface area contributed by atoms with E-state index in [0.717, 1.165) is 29.7 Å². The Hall–Kier alpha value is -2.73. The highest BCUT2D eigenvalue weighted by Crippen LogP contribution is 2.31. The number of hydrogen-bond acceptors (Lipinski definition) is 4. The van der Waals surface area contributed by atoms with Crippen LogP contribution < -0.4 is 21.1 Å². The summed E-state index contributed by atoms with van der Waals surface area (Å²) in [6.45, 7) is 6.42. The van der Waals surface area contributed by atoms with E-state index in [2.05, 4.69) is 24.5 Å². The molecule has 0 aliphatic heterocycles. The van der Waals surface area contributed by atoms with Gasteiger partial charge in [0.05, 0.1) is 6.61 Å². The number of amides is 2. The highest BCUT2D eigenvalue weighted by molar-refractivity contribution is 5.89. The van der Waals surface area contributed by atoms with Gasteiger partial charge in [-0.15, -0.1) is 0 Å². The SMILES string of the molecule is CCC(CC)NC(=O)Nc1ccc(Oc2ccc(N)cc2C)c(COC)c1. The molecule has 0 aliphatic carbocycles. The molecule has 0 atom stereocenters. The van der Waals surface area contributed by atoms with Crippen molar-refractivity contribution in [2.24, 2.45) is 0 Å². The molecular weight excluding hydrogens is 342 g/mol. The molecule has 146 valence electrons. The Labute approximate surface area is 161 Å². The molecule has 6 heteroatoms. The van der Waals surface area contributed by atoms with Gasteiger partial charge in [-0.25, -0.2) is 4.79 Å². The summed E-state index contributed by atoms with van der Waals surface area (Å²) in [7, 11) is 1.62. The summed E-state index contributed by atoms with van der Waals surface area (Å²) in [5.41, 5.74) is 8.97. The lowest BCUT2D eigenvalue weighted by atomic mass is 10.1. The van der Waals surface area contributed by atoms with Crippen LogP contribution in [0.5, 0.6) is 11.5 Å². The van der Waals surface area contributed by atoms with Crippen LogP contribution in [-0.2, 0) is 11.3 Å². The van der Waals surface area contributed by atoms with Crippen LogP contribution in [-0.4, -0.2) is 19.2 Å². The van der Waals surface area contributed by atoms with E-state index in [1.807, 2.05) is 37.3 Å². The molecule has 6 nitrogen and oxygen atoms in total. The van der Waals surface area contributed by atoms with Crippen molar-refractivity contribution in [1.29, 1.82) is 0 Å². The van der Waals surface area contributed by atoms with Crippen molar-refractivity contribution in [3.8, 4) is 11.5 Å². The minimum absolute atomic E-state index is 0.166. The zero-order chi connectivity index (χ0) is 19.8. The van der Waals surface area contributed by atoms with Crippen molar-refractivity contribution in [3.05, 3.63) is 47.5 Å². The number of rotatable bonds is 8. The molecule has 0 spiro atoms. The first kappa shape index (κ1) is 20.6. The highest BCUT2D eigenvalue weighted by Gasteiger charge is 2.12. The Bertz CT molecular complexity index is 773. The van der Waals surface area contributed by atoms with E-state index in [9.17, 15) is 4.79 Å². The van der Waals surface area contributed by atoms with Crippen LogP contribution in [0, 0.1) is 6.92 Å². The van der Waals surface area contributed by atoms with Crippen LogP contribution in [0.3, 0.4) is 0 Å². The standard InChI is InChI=1S/C21H29N3O3/c1-5-17(6-2)23-21(25)24-18-8-10-20(15(12-18)13-26-4)27-19-9-7-16(22)11-14(19)3/h7-12,17H,5-6,13,22H2,1-4H3,(H2,23,24,25). The van der Waals surface area contributed by atoms with Gasteiger partial charge in [-0.05, 0) is 61.7 Å². The fourth-order valence-corrected chi connectivity index (χ4v) is 2.78. The number of methoxy groups -OCH3 is 1. The molecule has 0 bridgehead atoms. The number of anilines is 2. The number of nitrogen functional groups attached to an aromatic ring is 1. The summed E-state index contributed by atoms with van der Waals surface area (Å²) in [5, 5.41) is 5.83. The lowest BCUT2D eigenvalue weighted by molar-refractivity contribution is 0.182. The molecule has 27 heavy (non-hydrogen) atoms. The molecule has 0 heterocycles. The van der Waals surface area contributed by atoms with Gasteiger partial charge in [0.1, 0.15) is 11.5 Å². The minimum atomic E-state index is -0.213. The number of ether oxygens (including phenoxy) is 2. The monoisotopic (exact) mass is 371 g/mol. The number of nitrogens with two attached hydrogens (primary N) is 1. The molecule has 2 amide bonds. The van der Waals surface area contributed by atoms with Crippen LogP contribution in [0.1, 0.15) is 37.8 Å². The van der Waals surface area contributed by atoms with Crippen LogP contribution in [0.2, 0.25) is 0 Å². The maximum absolute atomic E-state index is 12.2. The first-order valence-electron chi connectivity index (χ1n) is 9.20. The second kappa shape index (κ2) is 9.83. The maximum Gasteiger partial charge on any atom is 0.319 e. The Morgan fingerprint density at radius 2 is 1.81 bits per heavy atom. The van der Waals surface area contributed by atoms with Gasteiger partial charge in [-0.2, -0.15) is 0 Å². The summed E-state index contributed by atoms with van der Waals surface area (Å²) in [5.74, 6) is 1.41. The molecule has 0 radical (unpaired) electrons. The molecule has 2 aromatic carbocycles. The predicted octanol–water partition coefficient (Wildman–Crippen LogP) is 4.83. The zero-order valence-electron chi connectivity index (χ0n) is 16.5. The largest absolute Gasteiger partial charge is 0.457 e. The topological polar surface area (TPSA) is 85.6 Å². The molecule has 4 N–H and O–H groups in total. The van der Waals surface area contributed by atoms with Gasteiger partial charge < -0.3 is 25.8 Å². The normalized spacial score (nSPS) is 10.7. The maximum atomic E-state index is 12.2. The Morgan fingerprint density at radius 1 is 1.11 bits per heavy atom. The van der Waals surface area contributed by atoms with Gasteiger partial charge in [0.25, 0.3) is 0 Å². The fraction of sp³-hybridized carbons (Fsp3) is 0.381. The minimum Gasteiger partial charge on any atom is -0.457 e. The lowest BCUT2D eigenvalue weighted by Crippen LogP contribution is -2.37. The van der Waals surface area contributed by atoms with Gasteiger partial charge >= 0.3 is 6.03 Å². The van der Waals surface area contributed by atoms with E-state index in [1.165, 1.54) is 0 Å². The van der Waals surface area contributed by atoms with E-state index < -0.39 is 0 Å². The predicted molar refractivity (Wildman–Crippen MR) is 109 cm³/mol. The Kier molecular flexibility index (Phi) is 7.49. The third kappa shape index (κ3) is 5.89. The molecule has 0 saturated heterocycles. The molecule has 0 saturated carbocycles. The fourth-order valence-electron chi connectivity index (χ4n) is 2.78. The van der Waals surface area contributed by atoms with Crippen molar-refractivity contribution in [3.63, 3.8) is 0 Å². The number of benzene rings is 2. The summed E-state index contributed by atoms with van der Waals surface area (Å²) in [6.07, 6.45) is 1.79. The highest BCUT2D eigenvalue weighted by atomic mass is 16.5. The summed E-state index contributed by atoms with van der Waals surface area (Å²) < 4.78 is 11.3. The van der Waals surface area contributed by atoms with Crippen LogP contribution in [0.25, 0.3) is 0 Å². The third-order valence-electron chi connectivity index (χ3n) is 4.36. The third-order valence-corrected chi connectivity index (χ3v) is 4.36. The first-order valence-corrected chi connectivity index (χ1v) is 9.20. The number of aryl methyl sites for hydroxylation is 1. The lowest BCUT2D eigenvalue weighted by Gasteiger charge is -2.17. The average molecular weight is 371 g/mol. The molecule has 0 fully saturated rings. The van der Waals surface area contributed by atoms with Crippen molar-refractivity contribution in [2.75, 3.05) is 18.2 Å². The number of hydrogen-bond donors (Lipinski definition) is 3. The van der Waals surface area contributed by atoms with Gasteiger partial charge in [-0.3, -0.25) is 0 Å². The molecule has 2 aromatic rings. The van der Waals surface area contributed by atoms with E-state index in [4.69, 9.17) is 15.2 Å². The summed E-state index contributed by atoms with van der Waals surface area (Å²) in [4.78, 5) is 12.2. The summed E-state index contributed by atoms with van der Waals surface area (Å²) in [6, 6.07) is 11.0. The number of carbonyl (C=O) groups is 1. The molecule has 2 rings (SSSR count). The van der Waals surface area contributed by atoms with Crippen LogP contribution in [0.4, 0.5) is 16.2 Å². The molecule has 0 aromatic heterocycles. The van der Waals surface area contributed by atoms with Crippen molar-refractivity contribution >= 4 is 17.4 Å². The smallest absolute Gasteiger partial charge is 0.319 e. The second-order valence-electron chi connectivity index (χ2n) is 6.49. The van der Waals surface area contributed by atoms with Crippen molar-refractivity contribution in [2.45, 2.75) is 46.3 Å². The number of nitrogens with one attached hydrogen (secondary N) is 2. The zero-order valence-corrected chi connectivity index (χ0v) is 16.5. The Balaban J connectivity index is 2.16. The second-order valence-corrected chi connectivity index (χ2v) is 6.49. The van der Waals surface area contributed by atoms with Gasteiger partial charge in [0.15, 0.2) is 0 Å². The Morgan fingerprint density at radius 3 is 2.44 bits per heavy atom. The van der Waals surface area contributed by atoms with E-state index >= 15 is 0 Å². The number of carbonyl (C=O) groups excluding carboxylic acids is 1. The van der Waals surface area contributed by atoms with Crippen LogP contribution in [0.15, 0.2) is 36.4 Å². The van der Waals surface area contributed by atoms with Gasteiger partial charge in [-0.1, -0.05) is 13.8 Å².